The Balaban J connectivity index is 1.51. The number of nitrogens with one attached hydrogen (secondary N) is 1. The molecular formula is C24H21FN4OS. The molecule has 1 heterocycles. The summed E-state index contributed by atoms with van der Waals surface area (Å²) in [4.78, 5) is 12.5. The van der Waals surface area contributed by atoms with E-state index in [4.69, 9.17) is 0 Å². The number of aromatic nitrogens is 3. The first kappa shape index (κ1) is 20.8. The monoisotopic (exact) mass is 432 g/mol. The SMILES string of the molecule is CC(NC(=O)CSc1nnc(-c2ccccc2)n1-c1ccccc1)c1ccc(F)cc1. The fourth-order valence-electron chi connectivity index (χ4n) is 3.20. The number of rotatable bonds is 7. The van der Waals surface area contributed by atoms with Crippen LogP contribution in [-0.4, -0.2) is 26.4 Å². The van der Waals surface area contributed by atoms with Gasteiger partial charge in [-0.2, -0.15) is 0 Å². The van der Waals surface area contributed by atoms with Gasteiger partial charge >= 0.3 is 0 Å². The number of nitrogens with zero attached hydrogens (tertiary/aromatic N) is 3. The van der Waals surface area contributed by atoms with E-state index in [1.807, 2.05) is 72.2 Å². The van der Waals surface area contributed by atoms with Gasteiger partial charge in [0.25, 0.3) is 0 Å². The maximum absolute atomic E-state index is 13.1. The minimum Gasteiger partial charge on any atom is -0.349 e. The molecule has 4 aromatic rings. The van der Waals surface area contributed by atoms with Gasteiger partial charge in [-0.3, -0.25) is 9.36 Å². The second-order valence-electron chi connectivity index (χ2n) is 6.97. The molecule has 1 N–H and O–H groups in total. The highest BCUT2D eigenvalue weighted by Crippen LogP contribution is 2.27. The van der Waals surface area contributed by atoms with E-state index in [0.29, 0.717) is 5.16 Å². The number of hydrogen-bond acceptors (Lipinski definition) is 4. The molecule has 31 heavy (non-hydrogen) atoms. The Morgan fingerprint density at radius 1 is 0.968 bits per heavy atom. The number of carbonyl (C=O) groups is 1. The minimum absolute atomic E-state index is 0.134. The van der Waals surface area contributed by atoms with Crippen LogP contribution in [0.2, 0.25) is 0 Å². The van der Waals surface area contributed by atoms with Crippen molar-refractivity contribution in [2.24, 2.45) is 0 Å². The number of para-hydroxylation sites is 1. The van der Waals surface area contributed by atoms with Gasteiger partial charge in [0, 0.05) is 11.3 Å². The van der Waals surface area contributed by atoms with Crippen LogP contribution < -0.4 is 5.32 Å². The molecule has 1 unspecified atom stereocenters. The Labute approximate surface area is 184 Å². The van der Waals surface area contributed by atoms with Gasteiger partial charge in [-0.1, -0.05) is 72.4 Å². The van der Waals surface area contributed by atoms with E-state index in [1.165, 1.54) is 23.9 Å². The molecule has 7 heteroatoms. The van der Waals surface area contributed by atoms with E-state index in [9.17, 15) is 9.18 Å². The molecule has 0 saturated heterocycles. The molecule has 3 aromatic carbocycles. The first-order valence-electron chi connectivity index (χ1n) is 9.85. The van der Waals surface area contributed by atoms with Crippen LogP contribution in [0.15, 0.2) is 90.1 Å². The first-order valence-corrected chi connectivity index (χ1v) is 10.8. The highest BCUT2D eigenvalue weighted by molar-refractivity contribution is 7.99. The normalized spacial score (nSPS) is 11.8. The Morgan fingerprint density at radius 2 is 1.61 bits per heavy atom. The molecule has 1 atom stereocenters. The Hall–Kier alpha value is -3.45. The van der Waals surface area contributed by atoms with Crippen molar-refractivity contribution in [1.29, 1.82) is 0 Å². The molecule has 0 bridgehead atoms. The molecule has 0 aliphatic rings. The summed E-state index contributed by atoms with van der Waals surface area (Å²) in [5.74, 6) is 0.470. The topological polar surface area (TPSA) is 59.8 Å². The lowest BCUT2D eigenvalue weighted by molar-refractivity contribution is -0.119. The highest BCUT2D eigenvalue weighted by atomic mass is 32.2. The summed E-state index contributed by atoms with van der Waals surface area (Å²) in [6.07, 6.45) is 0. The van der Waals surface area contributed by atoms with Crippen LogP contribution in [0.1, 0.15) is 18.5 Å². The third kappa shape index (κ3) is 5.00. The first-order chi connectivity index (χ1) is 15.1. The summed E-state index contributed by atoms with van der Waals surface area (Å²) in [6.45, 7) is 1.87. The summed E-state index contributed by atoms with van der Waals surface area (Å²) in [5.41, 5.74) is 2.72. The number of thioether (sulfide) groups is 1. The van der Waals surface area contributed by atoms with Crippen molar-refractivity contribution in [3.8, 4) is 17.1 Å². The molecular weight excluding hydrogens is 411 g/mol. The lowest BCUT2D eigenvalue weighted by atomic mass is 10.1. The van der Waals surface area contributed by atoms with Crippen LogP contribution in [-0.2, 0) is 4.79 Å². The zero-order chi connectivity index (χ0) is 21.6. The number of hydrogen-bond donors (Lipinski definition) is 1. The molecule has 0 fully saturated rings. The highest BCUT2D eigenvalue weighted by Gasteiger charge is 2.18. The van der Waals surface area contributed by atoms with Crippen molar-refractivity contribution >= 4 is 17.7 Å². The molecule has 0 radical (unpaired) electrons. The smallest absolute Gasteiger partial charge is 0.230 e. The van der Waals surface area contributed by atoms with Gasteiger partial charge in [-0.05, 0) is 36.8 Å². The van der Waals surface area contributed by atoms with Gasteiger partial charge in [0.1, 0.15) is 5.82 Å². The Morgan fingerprint density at radius 3 is 2.29 bits per heavy atom. The third-order valence-corrected chi connectivity index (χ3v) is 5.69. The summed E-state index contributed by atoms with van der Waals surface area (Å²) in [6, 6.07) is 25.6. The van der Waals surface area contributed by atoms with Crippen LogP contribution in [0.5, 0.6) is 0 Å². The van der Waals surface area contributed by atoms with E-state index < -0.39 is 0 Å². The fraction of sp³-hybridized carbons (Fsp3) is 0.125. The van der Waals surface area contributed by atoms with E-state index in [1.54, 1.807) is 12.1 Å². The molecule has 0 spiro atoms. The van der Waals surface area contributed by atoms with Crippen molar-refractivity contribution < 1.29 is 9.18 Å². The molecule has 1 amide bonds. The van der Waals surface area contributed by atoms with Gasteiger partial charge < -0.3 is 5.32 Å². The van der Waals surface area contributed by atoms with Crippen molar-refractivity contribution in [2.75, 3.05) is 5.75 Å². The lowest BCUT2D eigenvalue weighted by Gasteiger charge is -2.14. The molecule has 4 rings (SSSR count). The molecule has 0 saturated carbocycles. The van der Waals surface area contributed by atoms with Crippen LogP contribution in [0.4, 0.5) is 4.39 Å². The zero-order valence-electron chi connectivity index (χ0n) is 16.9. The van der Waals surface area contributed by atoms with E-state index in [2.05, 4.69) is 15.5 Å². The molecule has 0 aliphatic carbocycles. The zero-order valence-corrected chi connectivity index (χ0v) is 17.7. The molecule has 0 aliphatic heterocycles. The maximum Gasteiger partial charge on any atom is 0.230 e. The van der Waals surface area contributed by atoms with Gasteiger partial charge in [0.05, 0.1) is 11.8 Å². The van der Waals surface area contributed by atoms with Gasteiger partial charge in [0.2, 0.25) is 5.91 Å². The largest absolute Gasteiger partial charge is 0.349 e. The van der Waals surface area contributed by atoms with Crippen molar-refractivity contribution in [3.63, 3.8) is 0 Å². The predicted molar refractivity (Wildman–Crippen MR) is 120 cm³/mol. The van der Waals surface area contributed by atoms with Crippen molar-refractivity contribution in [2.45, 2.75) is 18.1 Å². The van der Waals surface area contributed by atoms with Crippen LogP contribution in [0.25, 0.3) is 17.1 Å². The number of amides is 1. The van der Waals surface area contributed by atoms with E-state index in [0.717, 1.165) is 22.6 Å². The number of carbonyl (C=O) groups excluding carboxylic acids is 1. The number of halogens is 1. The minimum atomic E-state index is -0.299. The fourth-order valence-corrected chi connectivity index (χ4v) is 3.96. The molecule has 5 nitrogen and oxygen atoms in total. The summed E-state index contributed by atoms with van der Waals surface area (Å²) >= 11 is 1.32. The molecule has 156 valence electrons. The van der Waals surface area contributed by atoms with Gasteiger partial charge in [-0.15, -0.1) is 10.2 Å². The Bertz CT molecular complexity index is 1150. The average Bonchev–Trinajstić information content (AvgIpc) is 3.23. The number of benzene rings is 3. The van der Waals surface area contributed by atoms with Crippen LogP contribution in [0, 0.1) is 5.82 Å². The second kappa shape index (κ2) is 9.57. The van der Waals surface area contributed by atoms with Crippen LogP contribution in [0.3, 0.4) is 0 Å². The molecule has 1 aromatic heterocycles. The van der Waals surface area contributed by atoms with Crippen molar-refractivity contribution in [1.82, 2.24) is 20.1 Å². The van der Waals surface area contributed by atoms with Gasteiger partial charge in [0.15, 0.2) is 11.0 Å². The predicted octanol–water partition coefficient (Wildman–Crippen LogP) is 5.04. The van der Waals surface area contributed by atoms with E-state index >= 15 is 0 Å². The van der Waals surface area contributed by atoms with Crippen LogP contribution >= 0.6 is 11.8 Å². The second-order valence-corrected chi connectivity index (χ2v) is 7.92. The van der Waals surface area contributed by atoms with E-state index in [-0.39, 0.29) is 23.5 Å². The lowest BCUT2D eigenvalue weighted by Crippen LogP contribution is -2.28. The quantitative estimate of drug-likeness (QED) is 0.416. The maximum atomic E-state index is 13.1. The third-order valence-electron chi connectivity index (χ3n) is 4.76. The van der Waals surface area contributed by atoms with Crippen molar-refractivity contribution in [3.05, 3.63) is 96.3 Å². The summed E-state index contributed by atoms with van der Waals surface area (Å²) in [5, 5.41) is 12.3. The average molecular weight is 433 g/mol. The summed E-state index contributed by atoms with van der Waals surface area (Å²) in [7, 11) is 0. The summed E-state index contributed by atoms with van der Waals surface area (Å²) < 4.78 is 15.1. The van der Waals surface area contributed by atoms with Gasteiger partial charge in [-0.25, -0.2) is 4.39 Å². The Kier molecular flexibility index (Phi) is 6.43. The standard InChI is InChI=1S/C24H21FN4OS/c1-17(18-12-14-20(25)15-13-18)26-22(30)16-31-24-28-27-23(19-8-4-2-5-9-19)29(24)21-10-6-3-7-11-21/h2-15,17H,16H2,1H3,(H,26,30).